The number of aromatic carboxylic acids is 1. The first-order valence-corrected chi connectivity index (χ1v) is 7.25. The molecule has 0 atom stereocenters. The smallest absolute Gasteiger partial charge is 0.335 e. The first-order valence-electron chi connectivity index (χ1n) is 7.25. The van der Waals surface area contributed by atoms with Gasteiger partial charge in [-0.1, -0.05) is 5.16 Å². The molecular formula is C18H15NO6. The lowest BCUT2D eigenvalue weighted by Crippen LogP contribution is -2.11. The second kappa shape index (κ2) is 7.87. The average Bonchev–Trinajstić information content (AvgIpc) is 2.60. The molecule has 2 aromatic rings. The predicted molar refractivity (Wildman–Crippen MR) is 89.1 cm³/mol. The maximum absolute atomic E-state index is 12.1. The van der Waals surface area contributed by atoms with E-state index in [0.29, 0.717) is 17.1 Å². The fourth-order valence-electron chi connectivity index (χ4n) is 1.86. The molecule has 0 fully saturated rings. The number of nitrogens with zero attached hydrogens (tertiary/aromatic N) is 1. The molecule has 7 heteroatoms. The van der Waals surface area contributed by atoms with E-state index in [1.54, 1.807) is 36.4 Å². The third-order valence-corrected chi connectivity index (χ3v) is 3.09. The lowest BCUT2D eigenvalue weighted by Gasteiger charge is -2.07. The van der Waals surface area contributed by atoms with Gasteiger partial charge in [0.2, 0.25) is 5.78 Å². The van der Waals surface area contributed by atoms with Crippen LogP contribution in [0.5, 0.6) is 11.5 Å². The predicted octanol–water partition coefficient (Wildman–Crippen LogP) is 3.30. The Morgan fingerprint density at radius 1 is 0.840 bits per heavy atom. The molecular weight excluding hydrogens is 326 g/mol. The minimum Gasteiger partial charge on any atom is -0.478 e. The Labute approximate surface area is 143 Å². The number of oxime groups is 1. The van der Waals surface area contributed by atoms with E-state index in [0.717, 1.165) is 0 Å². The summed E-state index contributed by atoms with van der Waals surface area (Å²) >= 11 is 0. The Balaban J connectivity index is 2.06. The van der Waals surface area contributed by atoms with Gasteiger partial charge in [-0.15, -0.1) is 0 Å². The molecule has 0 saturated carbocycles. The molecule has 0 amide bonds. The van der Waals surface area contributed by atoms with Gasteiger partial charge in [0.05, 0.1) is 5.56 Å². The number of Topliss-reactive ketones (excluding diaryl/α,β-unsaturated/α-hetero) is 1. The van der Waals surface area contributed by atoms with Crippen LogP contribution in [-0.4, -0.2) is 28.5 Å². The van der Waals surface area contributed by atoms with Gasteiger partial charge in [-0.25, -0.2) is 9.59 Å². The van der Waals surface area contributed by atoms with Crippen molar-refractivity contribution in [3.05, 3.63) is 59.7 Å². The number of hydrogen-bond acceptors (Lipinski definition) is 6. The molecule has 2 rings (SSSR count). The molecule has 0 aliphatic rings. The number of carbonyl (C=O) groups excluding carboxylic acids is 2. The van der Waals surface area contributed by atoms with E-state index >= 15 is 0 Å². The molecule has 7 nitrogen and oxygen atoms in total. The number of carboxylic acids is 1. The Kier molecular flexibility index (Phi) is 5.62. The van der Waals surface area contributed by atoms with Crippen LogP contribution in [0.15, 0.2) is 53.7 Å². The maximum Gasteiger partial charge on any atom is 0.335 e. The molecule has 0 saturated heterocycles. The molecule has 0 spiro atoms. The Morgan fingerprint density at radius 2 is 1.32 bits per heavy atom. The van der Waals surface area contributed by atoms with Crippen molar-refractivity contribution in [2.75, 3.05) is 0 Å². The third-order valence-electron chi connectivity index (χ3n) is 3.09. The lowest BCUT2D eigenvalue weighted by molar-refractivity contribution is -0.140. The second-order valence-electron chi connectivity index (χ2n) is 5.04. The van der Waals surface area contributed by atoms with Crippen molar-refractivity contribution in [2.45, 2.75) is 13.8 Å². The normalized spacial score (nSPS) is 10.9. The van der Waals surface area contributed by atoms with Crippen LogP contribution in [0.2, 0.25) is 0 Å². The molecule has 128 valence electrons. The van der Waals surface area contributed by atoms with Gasteiger partial charge in [-0.2, -0.15) is 0 Å². The van der Waals surface area contributed by atoms with Gasteiger partial charge in [0.25, 0.3) is 0 Å². The first kappa shape index (κ1) is 17.9. The first-order chi connectivity index (χ1) is 11.9. The summed E-state index contributed by atoms with van der Waals surface area (Å²) in [5.74, 6) is -1.05. The molecule has 0 aliphatic heterocycles. The van der Waals surface area contributed by atoms with Crippen LogP contribution in [0.25, 0.3) is 0 Å². The summed E-state index contributed by atoms with van der Waals surface area (Å²) in [5.41, 5.74) is 0.575. The summed E-state index contributed by atoms with van der Waals surface area (Å²) in [6.45, 7) is 2.63. The van der Waals surface area contributed by atoms with Crippen molar-refractivity contribution in [2.24, 2.45) is 5.16 Å². The van der Waals surface area contributed by atoms with Gasteiger partial charge in [0.1, 0.15) is 17.2 Å². The number of carbonyl (C=O) groups is 3. The van der Waals surface area contributed by atoms with Gasteiger partial charge in [0, 0.05) is 12.5 Å². The van der Waals surface area contributed by atoms with Gasteiger partial charge in [0.15, 0.2) is 0 Å². The van der Waals surface area contributed by atoms with E-state index in [-0.39, 0.29) is 17.1 Å². The van der Waals surface area contributed by atoms with E-state index < -0.39 is 11.9 Å². The fourth-order valence-corrected chi connectivity index (χ4v) is 1.86. The van der Waals surface area contributed by atoms with Gasteiger partial charge < -0.3 is 14.7 Å². The number of rotatable bonds is 6. The van der Waals surface area contributed by atoms with Crippen LogP contribution >= 0.6 is 0 Å². The summed E-state index contributed by atoms with van der Waals surface area (Å²) in [6, 6.07) is 12.2. The van der Waals surface area contributed by atoms with Crippen molar-refractivity contribution >= 4 is 23.4 Å². The average molecular weight is 341 g/mol. The fraction of sp³-hybridized carbons (Fsp3) is 0.111. The van der Waals surface area contributed by atoms with E-state index in [9.17, 15) is 14.4 Å². The highest BCUT2D eigenvalue weighted by Crippen LogP contribution is 2.22. The number of benzene rings is 2. The molecule has 0 radical (unpaired) electrons. The summed E-state index contributed by atoms with van der Waals surface area (Å²) < 4.78 is 5.58. The van der Waals surface area contributed by atoms with Crippen molar-refractivity contribution < 1.29 is 29.1 Å². The highest BCUT2D eigenvalue weighted by Gasteiger charge is 2.11. The van der Waals surface area contributed by atoms with E-state index in [4.69, 9.17) is 9.84 Å². The highest BCUT2D eigenvalue weighted by molar-refractivity contribution is 6.45. The Hall–Kier alpha value is -3.48. The minimum absolute atomic E-state index is 0.0492. The maximum atomic E-state index is 12.1. The minimum atomic E-state index is -1.01. The zero-order valence-corrected chi connectivity index (χ0v) is 13.6. The Morgan fingerprint density at radius 3 is 1.76 bits per heavy atom. The van der Waals surface area contributed by atoms with Crippen LogP contribution in [0.1, 0.15) is 34.6 Å². The van der Waals surface area contributed by atoms with Crippen LogP contribution in [0, 0.1) is 0 Å². The van der Waals surface area contributed by atoms with Crippen LogP contribution in [0.4, 0.5) is 0 Å². The molecule has 1 N–H and O–H groups in total. The highest BCUT2D eigenvalue weighted by atomic mass is 16.7. The van der Waals surface area contributed by atoms with Crippen LogP contribution < -0.4 is 4.74 Å². The summed E-state index contributed by atoms with van der Waals surface area (Å²) in [7, 11) is 0. The van der Waals surface area contributed by atoms with Gasteiger partial charge in [-0.3, -0.25) is 4.79 Å². The monoisotopic (exact) mass is 341 g/mol. The van der Waals surface area contributed by atoms with Crippen molar-refractivity contribution in [3.8, 4) is 11.5 Å². The number of ketones is 1. The van der Waals surface area contributed by atoms with E-state index in [1.807, 2.05) is 0 Å². The quantitative estimate of drug-likeness (QED) is 0.374. The number of ether oxygens (including phenoxy) is 1. The molecule has 0 aromatic heterocycles. The zero-order valence-electron chi connectivity index (χ0n) is 13.6. The summed E-state index contributed by atoms with van der Waals surface area (Å²) in [4.78, 5) is 38.0. The lowest BCUT2D eigenvalue weighted by atomic mass is 10.1. The zero-order chi connectivity index (χ0) is 18.4. The van der Waals surface area contributed by atoms with E-state index in [2.05, 4.69) is 9.99 Å². The third kappa shape index (κ3) is 5.00. The SMILES string of the molecule is CC(=O)O/N=C(\C)C(=O)c1ccc(Oc2ccc(C(=O)O)cc2)cc1. The van der Waals surface area contributed by atoms with Crippen LogP contribution in [0.3, 0.4) is 0 Å². The summed E-state index contributed by atoms with van der Waals surface area (Å²) in [5, 5.41) is 12.3. The van der Waals surface area contributed by atoms with Crippen molar-refractivity contribution in [1.29, 1.82) is 0 Å². The molecule has 0 heterocycles. The molecule has 2 aromatic carbocycles. The van der Waals surface area contributed by atoms with Gasteiger partial charge in [-0.05, 0) is 55.5 Å². The second-order valence-corrected chi connectivity index (χ2v) is 5.04. The van der Waals surface area contributed by atoms with Crippen molar-refractivity contribution in [1.82, 2.24) is 0 Å². The molecule has 0 unspecified atom stereocenters. The van der Waals surface area contributed by atoms with E-state index in [1.165, 1.54) is 26.0 Å². The number of carboxylic acid groups (broad SMARTS) is 1. The molecule has 25 heavy (non-hydrogen) atoms. The molecule has 0 bridgehead atoms. The topological polar surface area (TPSA) is 102 Å². The Bertz CT molecular complexity index is 822. The van der Waals surface area contributed by atoms with Gasteiger partial charge >= 0.3 is 11.9 Å². The molecule has 0 aliphatic carbocycles. The standard InChI is InChI=1S/C18H15NO6/c1-11(19-25-12(2)20)17(21)13-3-7-15(8-4-13)24-16-9-5-14(6-10-16)18(22)23/h3-10H,1-2H3,(H,22,23)/b19-11+. The van der Waals surface area contributed by atoms with Crippen molar-refractivity contribution in [3.63, 3.8) is 0 Å². The largest absolute Gasteiger partial charge is 0.478 e. The summed E-state index contributed by atoms with van der Waals surface area (Å²) in [6.07, 6.45) is 0. The van der Waals surface area contributed by atoms with Crippen LogP contribution in [-0.2, 0) is 9.63 Å². The number of hydrogen-bond donors (Lipinski definition) is 1.